The lowest BCUT2D eigenvalue weighted by atomic mass is 10.3. The van der Waals surface area contributed by atoms with Gasteiger partial charge in [-0.15, -0.1) is 11.3 Å². The van der Waals surface area contributed by atoms with Gasteiger partial charge in [-0.2, -0.15) is 0 Å². The Hall–Kier alpha value is -1.53. The molecule has 0 spiro atoms. The quantitative estimate of drug-likeness (QED) is 0.862. The zero-order valence-corrected chi connectivity index (χ0v) is 10.5. The molecule has 2 heterocycles. The van der Waals surface area contributed by atoms with Gasteiger partial charge in [0.05, 0.1) is 5.69 Å². The van der Waals surface area contributed by atoms with Crippen LogP contribution in [0.5, 0.6) is 0 Å². The van der Waals surface area contributed by atoms with E-state index in [1.807, 2.05) is 6.20 Å². The van der Waals surface area contributed by atoms with Crippen molar-refractivity contribution in [2.75, 3.05) is 19.3 Å². The number of likely N-dealkylation sites (N-methyl/N-ethyl adjacent to an activating group) is 1. The molecule has 17 heavy (non-hydrogen) atoms. The van der Waals surface area contributed by atoms with Gasteiger partial charge in [-0.25, -0.2) is 4.98 Å². The highest BCUT2D eigenvalue weighted by atomic mass is 32.1. The number of rotatable bonds is 5. The smallest absolute Gasteiger partial charge is 0.180 e. The minimum absolute atomic E-state index is 0.627. The zero-order valence-electron chi connectivity index (χ0n) is 9.71. The summed E-state index contributed by atoms with van der Waals surface area (Å²) in [5, 5.41) is 0.627. The molecule has 5 nitrogen and oxygen atoms in total. The van der Waals surface area contributed by atoms with Gasteiger partial charge in [-0.1, -0.05) is 0 Å². The van der Waals surface area contributed by atoms with E-state index in [0.717, 1.165) is 25.2 Å². The number of anilines is 1. The minimum atomic E-state index is 0.627. The second kappa shape index (κ2) is 5.70. The lowest BCUT2D eigenvalue weighted by Gasteiger charge is -2.14. The Morgan fingerprint density at radius 2 is 2.18 bits per heavy atom. The van der Waals surface area contributed by atoms with E-state index in [-0.39, 0.29) is 0 Å². The predicted octanol–water partition coefficient (Wildman–Crippen LogP) is 1.19. The summed E-state index contributed by atoms with van der Waals surface area (Å²) in [6.07, 6.45) is 7.95. The van der Waals surface area contributed by atoms with Crippen LogP contribution in [0.3, 0.4) is 0 Å². The molecular weight excluding hydrogens is 234 g/mol. The molecule has 0 atom stereocenters. The molecule has 2 aromatic rings. The molecule has 0 unspecified atom stereocenters. The largest absolute Gasteiger partial charge is 0.375 e. The van der Waals surface area contributed by atoms with Crippen LogP contribution in [0.4, 0.5) is 5.13 Å². The van der Waals surface area contributed by atoms with E-state index in [1.165, 1.54) is 16.2 Å². The van der Waals surface area contributed by atoms with Crippen molar-refractivity contribution in [3.8, 4) is 0 Å². The van der Waals surface area contributed by atoms with Crippen molar-refractivity contribution in [3.63, 3.8) is 0 Å². The molecule has 0 saturated heterocycles. The van der Waals surface area contributed by atoms with Gasteiger partial charge in [-0.3, -0.25) is 9.97 Å². The van der Waals surface area contributed by atoms with E-state index in [0.29, 0.717) is 5.13 Å². The fraction of sp³-hybridized carbons (Fsp3) is 0.364. The average Bonchev–Trinajstić information content (AvgIpc) is 2.73. The summed E-state index contributed by atoms with van der Waals surface area (Å²) in [5.41, 5.74) is 6.61. The van der Waals surface area contributed by atoms with Crippen LogP contribution in [0.15, 0.2) is 24.8 Å². The highest BCUT2D eigenvalue weighted by molar-refractivity contribution is 7.15. The van der Waals surface area contributed by atoms with Crippen LogP contribution < -0.4 is 5.73 Å². The Morgan fingerprint density at radius 1 is 1.29 bits per heavy atom. The molecule has 2 N–H and O–H groups in total. The minimum Gasteiger partial charge on any atom is -0.375 e. The van der Waals surface area contributed by atoms with E-state index in [9.17, 15) is 0 Å². The first kappa shape index (κ1) is 11.9. The monoisotopic (exact) mass is 249 g/mol. The van der Waals surface area contributed by atoms with E-state index >= 15 is 0 Å². The molecule has 0 saturated carbocycles. The van der Waals surface area contributed by atoms with Crippen molar-refractivity contribution in [2.24, 2.45) is 0 Å². The van der Waals surface area contributed by atoms with Crippen LogP contribution in [0.25, 0.3) is 0 Å². The number of nitrogens with two attached hydrogens (primary N) is 1. The number of hydrogen-bond acceptors (Lipinski definition) is 6. The van der Waals surface area contributed by atoms with Crippen LogP contribution in [0.2, 0.25) is 0 Å². The van der Waals surface area contributed by atoms with E-state index in [2.05, 4.69) is 26.9 Å². The number of aromatic nitrogens is 3. The van der Waals surface area contributed by atoms with Crippen molar-refractivity contribution in [1.29, 1.82) is 0 Å². The molecule has 0 bridgehead atoms. The first-order valence-electron chi connectivity index (χ1n) is 5.37. The molecule has 0 aliphatic heterocycles. The molecule has 6 heteroatoms. The third-order valence-electron chi connectivity index (χ3n) is 2.36. The first-order chi connectivity index (χ1) is 8.24. The van der Waals surface area contributed by atoms with Gasteiger partial charge in [-0.05, 0) is 7.05 Å². The predicted molar refractivity (Wildman–Crippen MR) is 68.6 cm³/mol. The lowest BCUT2D eigenvalue weighted by Crippen LogP contribution is -2.20. The van der Waals surface area contributed by atoms with Gasteiger partial charge in [0.2, 0.25) is 0 Å². The number of nitrogen functional groups attached to an aromatic ring is 1. The summed E-state index contributed by atoms with van der Waals surface area (Å²) in [4.78, 5) is 15.7. The number of hydrogen-bond donors (Lipinski definition) is 1. The molecular formula is C11H15N5S. The average molecular weight is 249 g/mol. The highest BCUT2D eigenvalue weighted by Crippen LogP contribution is 2.15. The first-order valence-corrected chi connectivity index (χ1v) is 6.19. The summed E-state index contributed by atoms with van der Waals surface area (Å²) < 4.78 is 0. The molecule has 0 radical (unpaired) electrons. The zero-order chi connectivity index (χ0) is 12.1. The van der Waals surface area contributed by atoms with Gasteiger partial charge in [0, 0.05) is 49.2 Å². The highest BCUT2D eigenvalue weighted by Gasteiger charge is 2.04. The maximum absolute atomic E-state index is 5.59. The van der Waals surface area contributed by atoms with Gasteiger partial charge >= 0.3 is 0 Å². The van der Waals surface area contributed by atoms with Crippen LogP contribution >= 0.6 is 11.3 Å². The topological polar surface area (TPSA) is 67.9 Å². The molecule has 2 aromatic heterocycles. The second-order valence-electron chi connectivity index (χ2n) is 3.85. The Morgan fingerprint density at radius 3 is 2.82 bits per heavy atom. The van der Waals surface area contributed by atoms with Crippen LogP contribution in [0, 0.1) is 0 Å². The van der Waals surface area contributed by atoms with Gasteiger partial charge in [0.1, 0.15) is 0 Å². The van der Waals surface area contributed by atoms with Crippen molar-refractivity contribution in [2.45, 2.75) is 13.0 Å². The Kier molecular flexibility index (Phi) is 4.00. The van der Waals surface area contributed by atoms with Gasteiger partial charge < -0.3 is 10.6 Å². The van der Waals surface area contributed by atoms with Crippen LogP contribution in [-0.2, 0) is 13.0 Å². The maximum atomic E-state index is 5.59. The summed E-state index contributed by atoms with van der Waals surface area (Å²) in [5.74, 6) is 0. The maximum Gasteiger partial charge on any atom is 0.180 e. The SMILES string of the molecule is CN(CCc1cnccn1)Cc1cnc(N)s1. The normalized spacial score (nSPS) is 10.9. The second-order valence-corrected chi connectivity index (χ2v) is 5.00. The van der Waals surface area contributed by atoms with Gasteiger partial charge in [0.15, 0.2) is 5.13 Å². The number of thiazole rings is 1. The fourth-order valence-corrected chi connectivity index (χ4v) is 2.27. The Labute approximate surface area is 104 Å². The third kappa shape index (κ3) is 3.76. The van der Waals surface area contributed by atoms with E-state index < -0.39 is 0 Å². The third-order valence-corrected chi connectivity index (χ3v) is 3.17. The van der Waals surface area contributed by atoms with E-state index in [1.54, 1.807) is 18.6 Å². The summed E-state index contributed by atoms with van der Waals surface area (Å²) in [6.45, 7) is 1.81. The standard InChI is InChI=1S/C11H15N5S/c1-16(8-10-7-15-11(12)17-10)5-2-9-6-13-3-4-14-9/h3-4,6-7H,2,5,8H2,1H3,(H2,12,15). The van der Waals surface area contributed by atoms with Crippen LogP contribution in [-0.4, -0.2) is 33.4 Å². The lowest BCUT2D eigenvalue weighted by molar-refractivity contribution is 0.332. The Bertz CT molecular complexity index is 456. The van der Waals surface area contributed by atoms with E-state index in [4.69, 9.17) is 5.73 Å². The molecule has 2 rings (SSSR count). The molecule has 0 aromatic carbocycles. The van der Waals surface area contributed by atoms with Crippen LogP contribution in [0.1, 0.15) is 10.6 Å². The van der Waals surface area contributed by atoms with Crippen molar-refractivity contribution < 1.29 is 0 Å². The molecule has 0 amide bonds. The Balaban J connectivity index is 1.80. The molecule has 90 valence electrons. The molecule has 0 aliphatic rings. The van der Waals surface area contributed by atoms with Crippen molar-refractivity contribution in [3.05, 3.63) is 35.4 Å². The molecule has 0 fully saturated rings. The number of nitrogens with zero attached hydrogens (tertiary/aromatic N) is 4. The van der Waals surface area contributed by atoms with Crippen molar-refractivity contribution >= 4 is 16.5 Å². The summed E-state index contributed by atoms with van der Waals surface area (Å²) in [7, 11) is 2.08. The summed E-state index contributed by atoms with van der Waals surface area (Å²) >= 11 is 1.53. The van der Waals surface area contributed by atoms with Crippen molar-refractivity contribution in [1.82, 2.24) is 19.9 Å². The summed E-state index contributed by atoms with van der Waals surface area (Å²) in [6, 6.07) is 0. The van der Waals surface area contributed by atoms with Gasteiger partial charge in [0.25, 0.3) is 0 Å². The fourth-order valence-electron chi connectivity index (χ4n) is 1.51. The molecule has 0 aliphatic carbocycles.